The zero-order chi connectivity index (χ0) is 37.6. The summed E-state index contributed by atoms with van der Waals surface area (Å²) in [5, 5.41) is 7.72. The molecule has 6 aromatic carbocycles. The maximum Gasteiger partial charge on any atom is 0.0645 e. The Kier molecular flexibility index (Phi) is 9.13. The lowest BCUT2D eigenvalue weighted by molar-refractivity contribution is 0.443. The van der Waals surface area contributed by atoms with E-state index in [1.807, 2.05) is 36.9 Å². The van der Waals surface area contributed by atoms with Crippen molar-refractivity contribution in [3.05, 3.63) is 156 Å². The Bertz CT molecular complexity index is 2420. The summed E-state index contributed by atoms with van der Waals surface area (Å²) in [7, 11) is 0. The second-order valence-electron chi connectivity index (χ2n) is 16.4. The topological polar surface area (TPSA) is 32.3 Å². The third kappa shape index (κ3) is 6.07. The van der Waals surface area contributed by atoms with Crippen LogP contribution in [0.15, 0.2) is 134 Å². The van der Waals surface area contributed by atoms with Gasteiger partial charge >= 0.3 is 0 Å². The number of rotatable bonds is 8. The average molecular weight is 731 g/mol. The van der Waals surface area contributed by atoms with E-state index in [4.69, 9.17) is 0 Å². The van der Waals surface area contributed by atoms with Crippen LogP contribution in [0, 0.1) is 13.8 Å². The molecule has 2 saturated carbocycles. The highest BCUT2D eigenvalue weighted by atomic mass is 15.2. The first-order valence-electron chi connectivity index (χ1n) is 20.9. The number of pyridine rings is 2. The van der Waals surface area contributed by atoms with Crippen molar-refractivity contribution in [1.82, 2.24) is 9.97 Å². The summed E-state index contributed by atoms with van der Waals surface area (Å²) in [6.45, 7) is 4.58. The maximum atomic E-state index is 4.60. The number of nitrogens with zero attached hydrogens (tertiary/aromatic N) is 4. The lowest BCUT2D eigenvalue weighted by atomic mass is 9.84. The molecule has 8 aromatic rings. The highest BCUT2D eigenvalue weighted by molar-refractivity contribution is 6.29. The molecule has 0 aliphatic heterocycles. The number of benzene rings is 6. The van der Waals surface area contributed by atoms with Gasteiger partial charge in [-0.3, -0.25) is 9.97 Å². The van der Waals surface area contributed by atoms with Crippen molar-refractivity contribution < 1.29 is 0 Å². The van der Waals surface area contributed by atoms with Gasteiger partial charge in [-0.2, -0.15) is 0 Å². The van der Waals surface area contributed by atoms with Crippen LogP contribution in [-0.4, -0.2) is 9.97 Å². The van der Waals surface area contributed by atoms with Crippen LogP contribution >= 0.6 is 0 Å². The van der Waals surface area contributed by atoms with Gasteiger partial charge in [0.05, 0.1) is 35.1 Å². The van der Waals surface area contributed by atoms with Crippen molar-refractivity contribution in [3.8, 4) is 0 Å². The van der Waals surface area contributed by atoms with Gasteiger partial charge in [-0.25, -0.2) is 0 Å². The Morgan fingerprint density at radius 1 is 0.411 bits per heavy atom. The molecule has 0 N–H and O–H groups in total. The molecule has 56 heavy (non-hydrogen) atoms. The minimum absolute atomic E-state index is 0.667. The zero-order valence-corrected chi connectivity index (χ0v) is 32.7. The largest absolute Gasteiger partial charge is 0.308 e. The highest BCUT2D eigenvalue weighted by Gasteiger charge is 2.25. The van der Waals surface area contributed by atoms with Crippen molar-refractivity contribution in [2.24, 2.45) is 0 Å². The van der Waals surface area contributed by atoms with Crippen molar-refractivity contribution in [2.75, 3.05) is 9.80 Å². The Balaban J connectivity index is 1.16. The predicted molar refractivity (Wildman–Crippen MR) is 236 cm³/mol. The number of aryl methyl sites for hydroxylation is 2. The molecular weight excluding hydrogens is 681 g/mol. The monoisotopic (exact) mass is 730 g/mol. The number of hydrogen-bond acceptors (Lipinski definition) is 4. The van der Waals surface area contributed by atoms with Gasteiger partial charge in [0, 0.05) is 34.5 Å². The first-order valence-corrected chi connectivity index (χ1v) is 20.9. The van der Waals surface area contributed by atoms with Gasteiger partial charge in [-0.1, -0.05) is 87.1 Å². The van der Waals surface area contributed by atoms with Crippen molar-refractivity contribution >= 4 is 66.4 Å². The Morgan fingerprint density at radius 3 is 1.18 bits per heavy atom. The fourth-order valence-corrected chi connectivity index (χ4v) is 10.2. The lowest BCUT2D eigenvalue weighted by Gasteiger charge is -2.30. The SMILES string of the molecule is Cc1c(C)c2ccc(N(c3ccc(C4CCCCC4)cc3)c3cccnc3)c3ccc4c(N(c5ccc(C6CCCCC6)cc5)c5cccnc5)ccc1c4c32. The van der Waals surface area contributed by atoms with E-state index in [1.165, 1.54) is 119 Å². The second kappa shape index (κ2) is 14.7. The summed E-state index contributed by atoms with van der Waals surface area (Å²) in [6, 6.07) is 41.3. The van der Waals surface area contributed by atoms with Gasteiger partial charge in [-0.15, -0.1) is 0 Å². The molecule has 4 heteroatoms. The van der Waals surface area contributed by atoms with Crippen molar-refractivity contribution in [3.63, 3.8) is 0 Å². The maximum absolute atomic E-state index is 4.60. The summed E-state index contributed by atoms with van der Waals surface area (Å²) in [4.78, 5) is 14.0. The standard InChI is InChI=1S/C52H50N4/c1-35-36(2)46-28-30-50(56(44-16-10-32-54-34-44)42-23-19-40(20-24-42)38-13-7-4-8-14-38)48-26-25-47-49(29-27-45(35)51(47)52(46)48)55(43-15-9-31-53-33-43)41-21-17-39(18-22-41)37-11-5-3-6-12-37/h9-10,15-34,37-38H,3-8,11-14H2,1-2H3. The molecule has 0 saturated heterocycles. The van der Waals surface area contributed by atoms with E-state index in [-0.39, 0.29) is 0 Å². The summed E-state index contributed by atoms with van der Waals surface area (Å²) in [6.07, 6.45) is 21.0. The summed E-state index contributed by atoms with van der Waals surface area (Å²) < 4.78 is 0. The normalized spacial score (nSPS) is 15.5. The Hall–Kier alpha value is -5.74. The van der Waals surface area contributed by atoms with Gasteiger partial charge < -0.3 is 9.80 Å². The van der Waals surface area contributed by atoms with Gasteiger partial charge in [0.1, 0.15) is 0 Å². The molecule has 0 spiro atoms. The predicted octanol–water partition coefficient (Wildman–Crippen LogP) is 15.0. The smallest absolute Gasteiger partial charge is 0.0645 e. The molecule has 10 rings (SSSR count). The molecule has 0 radical (unpaired) electrons. The molecule has 2 aliphatic rings. The zero-order valence-electron chi connectivity index (χ0n) is 32.7. The van der Waals surface area contributed by atoms with Crippen LogP contribution in [0.2, 0.25) is 0 Å². The molecule has 2 aromatic heterocycles. The van der Waals surface area contributed by atoms with Crippen molar-refractivity contribution in [2.45, 2.75) is 89.9 Å². The molecule has 0 atom stereocenters. The van der Waals surface area contributed by atoms with Crippen LogP contribution in [-0.2, 0) is 0 Å². The summed E-state index contributed by atoms with van der Waals surface area (Å²) in [5.41, 5.74) is 12.3. The van der Waals surface area contributed by atoms with Crippen LogP contribution in [0.5, 0.6) is 0 Å². The van der Waals surface area contributed by atoms with Crippen LogP contribution < -0.4 is 9.80 Å². The lowest BCUT2D eigenvalue weighted by Crippen LogP contribution is -2.12. The van der Waals surface area contributed by atoms with E-state index in [2.05, 4.69) is 131 Å². The minimum Gasteiger partial charge on any atom is -0.308 e. The first-order chi connectivity index (χ1) is 27.6. The summed E-state index contributed by atoms with van der Waals surface area (Å²) >= 11 is 0. The average Bonchev–Trinajstić information content (AvgIpc) is 3.27. The molecule has 0 unspecified atom stereocenters. The van der Waals surface area contributed by atoms with Gasteiger partial charge in [0.2, 0.25) is 0 Å². The van der Waals surface area contributed by atoms with E-state index in [9.17, 15) is 0 Å². The van der Waals surface area contributed by atoms with E-state index in [0.29, 0.717) is 11.8 Å². The molecule has 278 valence electrons. The third-order valence-corrected chi connectivity index (χ3v) is 13.2. The van der Waals surface area contributed by atoms with E-state index in [0.717, 1.165) is 34.1 Å². The fraction of sp³-hybridized carbons (Fsp3) is 0.269. The molecule has 0 bridgehead atoms. The molecule has 2 fully saturated rings. The molecule has 2 heterocycles. The van der Waals surface area contributed by atoms with E-state index in [1.54, 1.807) is 0 Å². The molecule has 2 aliphatic carbocycles. The number of anilines is 6. The van der Waals surface area contributed by atoms with E-state index >= 15 is 0 Å². The van der Waals surface area contributed by atoms with Gasteiger partial charge in [0.25, 0.3) is 0 Å². The van der Waals surface area contributed by atoms with E-state index < -0.39 is 0 Å². The van der Waals surface area contributed by atoms with Crippen LogP contribution in [0.25, 0.3) is 32.3 Å². The second-order valence-corrected chi connectivity index (χ2v) is 16.4. The van der Waals surface area contributed by atoms with Crippen LogP contribution in [0.1, 0.15) is 98.3 Å². The molecular formula is C52H50N4. The number of aromatic nitrogens is 2. The number of hydrogen-bond donors (Lipinski definition) is 0. The summed E-state index contributed by atoms with van der Waals surface area (Å²) in [5.74, 6) is 1.33. The minimum atomic E-state index is 0.667. The van der Waals surface area contributed by atoms with Crippen LogP contribution in [0.4, 0.5) is 34.1 Å². The first kappa shape index (κ1) is 34.7. The van der Waals surface area contributed by atoms with Crippen molar-refractivity contribution in [1.29, 1.82) is 0 Å². The molecule has 4 nitrogen and oxygen atoms in total. The van der Waals surface area contributed by atoms with Gasteiger partial charge in [0.15, 0.2) is 0 Å². The quantitative estimate of drug-likeness (QED) is 0.146. The van der Waals surface area contributed by atoms with Gasteiger partial charge in [-0.05, 0) is 156 Å². The van der Waals surface area contributed by atoms with Crippen LogP contribution in [0.3, 0.4) is 0 Å². The Morgan fingerprint density at radius 2 is 0.804 bits per heavy atom. The molecule has 0 amide bonds. The Labute approximate surface area is 331 Å². The highest BCUT2D eigenvalue weighted by Crippen LogP contribution is 2.49. The fourth-order valence-electron chi connectivity index (χ4n) is 10.2. The third-order valence-electron chi connectivity index (χ3n) is 13.2.